The molecule has 8 heteroatoms. The molecule has 0 aromatic carbocycles. The first-order valence-corrected chi connectivity index (χ1v) is 15.8. The third kappa shape index (κ3) is 5.82. The molecule has 0 spiro atoms. The van der Waals surface area contributed by atoms with Gasteiger partial charge in [0.25, 0.3) is 0 Å². The van der Waals surface area contributed by atoms with Gasteiger partial charge in [-0.2, -0.15) is 0 Å². The van der Waals surface area contributed by atoms with Crippen LogP contribution in [0.1, 0.15) is 96.2 Å². The van der Waals surface area contributed by atoms with Gasteiger partial charge in [0.05, 0.1) is 14.2 Å². The summed E-state index contributed by atoms with van der Waals surface area (Å²) in [4.78, 5) is 35.5. The number of methoxy groups -OCH3 is 2. The predicted molar refractivity (Wildman–Crippen MR) is 175 cm³/mol. The number of hydrogen-bond donors (Lipinski definition) is 4. The molecule has 5 heterocycles. The number of carbonyl (C=O) groups is 2. The second-order valence-corrected chi connectivity index (χ2v) is 12.1. The third-order valence-corrected chi connectivity index (χ3v) is 9.71. The summed E-state index contributed by atoms with van der Waals surface area (Å²) in [6, 6.07) is 0. The summed E-state index contributed by atoms with van der Waals surface area (Å²) >= 11 is 0. The van der Waals surface area contributed by atoms with Gasteiger partial charge in [-0.05, 0) is 104 Å². The number of H-pyrrole nitrogens is 3. The Morgan fingerprint density at radius 3 is 1.89 bits per heavy atom. The molecule has 8 bridgehead atoms. The second-order valence-electron chi connectivity index (χ2n) is 12.1. The third-order valence-electron chi connectivity index (χ3n) is 9.71. The zero-order chi connectivity index (χ0) is 31.7. The predicted octanol–water partition coefficient (Wildman–Crippen LogP) is 4.99. The summed E-state index contributed by atoms with van der Waals surface area (Å²) in [5, 5.41) is 5.92. The average Bonchev–Trinajstić information content (AvgIpc) is 3.67. The lowest BCUT2D eigenvalue weighted by Crippen LogP contribution is -2.12. The zero-order valence-electron chi connectivity index (χ0n) is 27.3. The maximum absolute atomic E-state index is 12.2. The van der Waals surface area contributed by atoms with Crippen molar-refractivity contribution >= 4 is 36.2 Å². The van der Waals surface area contributed by atoms with Crippen molar-refractivity contribution in [2.24, 2.45) is 11.8 Å². The van der Waals surface area contributed by atoms with Crippen molar-refractivity contribution < 1.29 is 19.1 Å². The minimum atomic E-state index is -0.234. The van der Waals surface area contributed by atoms with E-state index in [2.05, 4.69) is 86.1 Å². The molecular formula is C36H46N4O4. The van der Waals surface area contributed by atoms with Gasteiger partial charge in [0.15, 0.2) is 0 Å². The smallest absolute Gasteiger partial charge is 0.305 e. The monoisotopic (exact) mass is 598 g/mol. The van der Waals surface area contributed by atoms with Crippen LogP contribution in [0.15, 0.2) is 11.4 Å². The number of allylic oxidation sites excluding steroid dienone is 2. The van der Waals surface area contributed by atoms with Crippen molar-refractivity contribution in [3.05, 3.63) is 78.2 Å². The molecule has 1 saturated heterocycles. The Kier molecular flexibility index (Phi) is 9.09. The molecule has 44 heavy (non-hydrogen) atoms. The Balaban J connectivity index is 1.78. The highest BCUT2D eigenvalue weighted by Gasteiger charge is 2.33. The summed E-state index contributed by atoms with van der Waals surface area (Å²) in [7, 11) is 2.87. The minimum absolute atomic E-state index is 0.0904. The molecule has 5 rings (SSSR count). The first-order chi connectivity index (χ1) is 21.1. The lowest BCUT2D eigenvalue weighted by molar-refractivity contribution is -0.141. The van der Waals surface area contributed by atoms with E-state index in [1.54, 1.807) is 0 Å². The maximum atomic E-state index is 12.2. The fourth-order valence-corrected chi connectivity index (χ4v) is 6.95. The van der Waals surface area contributed by atoms with E-state index in [9.17, 15) is 9.59 Å². The van der Waals surface area contributed by atoms with Gasteiger partial charge in [-0.3, -0.25) is 9.59 Å². The summed E-state index contributed by atoms with van der Waals surface area (Å²) in [6.45, 7) is 13.1. The van der Waals surface area contributed by atoms with E-state index in [-0.39, 0.29) is 23.8 Å². The fraction of sp³-hybridized carbons (Fsp3) is 0.444. The SMILES string of the molecule is CCc1c2[nH]c(c1C)C=c1[nH]c(c(C)c1CC)=Cc1[nH]c(c(CCC(=O)OC)c1C)C=C1NC(=C2)C(C)C1CCC(=O)OC. The molecule has 2 unspecified atom stereocenters. The molecule has 8 nitrogen and oxygen atoms in total. The van der Waals surface area contributed by atoms with Crippen molar-refractivity contribution in [2.45, 2.75) is 80.1 Å². The number of rotatable bonds is 8. The van der Waals surface area contributed by atoms with Gasteiger partial charge in [0, 0.05) is 69.5 Å². The molecule has 0 amide bonds. The van der Waals surface area contributed by atoms with Crippen molar-refractivity contribution in [1.82, 2.24) is 20.3 Å². The lowest BCUT2D eigenvalue weighted by Gasteiger charge is -2.15. The van der Waals surface area contributed by atoms with E-state index in [1.807, 2.05) is 0 Å². The number of fused-ring (bicyclic) bond motifs is 8. The van der Waals surface area contributed by atoms with Crippen molar-refractivity contribution in [3.8, 4) is 0 Å². The Labute approximate surface area is 259 Å². The number of esters is 2. The van der Waals surface area contributed by atoms with Gasteiger partial charge in [0.1, 0.15) is 0 Å². The lowest BCUT2D eigenvalue weighted by atomic mass is 9.88. The zero-order valence-corrected chi connectivity index (χ0v) is 27.3. The molecule has 234 valence electrons. The highest BCUT2D eigenvalue weighted by molar-refractivity contribution is 5.72. The normalized spacial score (nSPS) is 17.3. The number of aromatic amines is 3. The highest BCUT2D eigenvalue weighted by atomic mass is 16.5. The minimum Gasteiger partial charge on any atom is -0.469 e. The first kappa shape index (κ1) is 31.2. The highest BCUT2D eigenvalue weighted by Crippen LogP contribution is 2.39. The Bertz CT molecular complexity index is 1780. The molecule has 2 aliphatic heterocycles. The molecule has 2 atom stereocenters. The summed E-state index contributed by atoms with van der Waals surface area (Å²) in [6.07, 6.45) is 12.5. The van der Waals surface area contributed by atoms with Gasteiger partial charge in [-0.15, -0.1) is 0 Å². The molecule has 0 saturated carbocycles. The Hall–Kier alpha value is -4.20. The van der Waals surface area contributed by atoms with Crippen LogP contribution in [0.4, 0.5) is 0 Å². The van der Waals surface area contributed by atoms with Crippen LogP contribution in [0, 0.1) is 32.6 Å². The standard InChI is InChI=1S/C36H46N4O4/c1-9-23-19(3)27-15-28-21(5)25(11-13-35(41)43-7)33(39-28)18-34-26(12-14-36(42)44-8)22(6)30(40-34)17-32-24(10-2)20(4)29(38-32)16-31(23)37-27/h15-18,22,26,37-40H,9-14H2,1-8H3. The number of carbonyl (C=O) groups excluding carboxylic acids is 2. The molecule has 0 radical (unpaired) electrons. The van der Waals surface area contributed by atoms with E-state index in [0.717, 1.165) is 68.8 Å². The number of aromatic nitrogens is 3. The molecule has 4 N–H and O–H groups in total. The molecule has 0 aliphatic carbocycles. The van der Waals surface area contributed by atoms with Crippen molar-refractivity contribution in [3.63, 3.8) is 0 Å². The summed E-state index contributed by atoms with van der Waals surface area (Å²) < 4.78 is 9.97. The fourth-order valence-electron chi connectivity index (χ4n) is 6.95. The van der Waals surface area contributed by atoms with Crippen LogP contribution < -0.4 is 16.0 Å². The van der Waals surface area contributed by atoms with E-state index < -0.39 is 0 Å². The summed E-state index contributed by atoms with van der Waals surface area (Å²) in [5.74, 6) is -0.198. The first-order valence-electron chi connectivity index (χ1n) is 15.8. The van der Waals surface area contributed by atoms with Crippen LogP contribution in [-0.4, -0.2) is 41.1 Å². The van der Waals surface area contributed by atoms with E-state index in [1.165, 1.54) is 36.5 Å². The quantitative estimate of drug-likeness (QED) is 0.273. The summed E-state index contributed by atoms with van der Waals surface area (Å²) in [5.41, 5.74) is 13.6. The topological polar surface area (TPSA) is 112 Å². The van der Waals surface area contributed by atoms with Crippen molar-refractivity contribution in [1.29, 1.82) is 0 Å². The Morgan fingerprint density at radius 2 is 1.25 bits per heavy atom. The van der Waals surface area contributed by atoms with Crippen LogP contribution in [0.2, 0.25) is 0 Å². The van der Waals surface area contributed by atoms with Crippen LogP contribution in [0.3, 0.4) is 0 Å². The van der Waals surface area contributed by atoms with E-state index >= 15 is 0 Å². The molecule has 2 aliphatic rings. The van der Waals surface area contributed by atoms with Gasteiger partial charge >= 0.3 is 11.9 Å². The molecule has 3 aromatic rings. The van der Waals surface area contributed by atoms with Crippen LogP contribution >= 0.6 is 0 Å². The van der Waals surface area contributed by atoms with Crippen LogP contribution in [-0.2, 0) is 38.3 Å². The molecular weight excluding hydrogens is 552 g/mol. The van der Waals surface area contributed by atoms with Gasteiger partial charge in [-0.1, -0.05) is 20.8 Å². The van der Waals surface area contributed by atoms with Gasteiger partial charge in [-0.25, -0.2) is 0 Å². The van der Waals surface area contributed by atoms with Crippen LogP contribution in [0.25, 0.3) is 24.3 Å². The van der Waals surface area contributed by atoms with E-state index in [4.69, 9.17) is 9.47 Å². The molecule has 1 fully saturated rings. The Morgan fingerprint density at radius 1 is 0.682 bits per heavy atom. The second kappa shape index (κ2) is 12.8. The van der Waals surface area contributed by atoms with Gasteiger partial charge in [0.2, 0.25) is 0 Å². The van der Waals surface area contributed by atoms with Gasteiger partial charge < -0.3 is 29.7 Å². The average molecular weight is 599 g/mol. The number of hydrogen-bond acceptors (Lipinski definition) is 5. The van der Waals surface area contributed by atoms with Crippen molar-refractivity contribution in [2.75, 3.05) is 14.2 Å². The number of nitrogens with one attached hydrogen (secondary N) is 4. The maximum Gasteiger partial charge on any atom is 0.305 e. The van der Waals surface area contributed by atoms with E-state index in [0.29, 0.717) is 25.7 Å². The number of ether oxygens (including phenoxy) is 2. The molecule has 3 aromatic heterocycles. The largest absolute Gasteiger partial charge is 0.469 e. The van der Waals surface area contributed by atoms with Crippen LogP contribution in [0.5, 0.6) is 0 Å².